The van der Waals surface area contributed by atoms with E-state index in [0.717, 1.165) is 10.8 Å². The molecule has 0 fully saturated rings. The lowest BCUT2D eigenvalue weighted by Gasteiger charge is -2.12. The Bertz CT molecular complexity index is 953. The predicted molar refractivity (Wildman–Crippen MR) is 96.5 cm³/mol. The molecule has 132 valence electrons. The van der Waals surface area contributed by atoms with E-state index in [9.17, 15) is 8.42 Å². The van der Waals surface area contributed by atoms with E-state index < -0.39 is 10.0 Å². The van der Waals surface area contributed by atoms with Crippen molar-refractivity contribution in [3.05, 3.63) is 48.7 Å². The largest absolute Gasteiger partial charge is 0.493 e. The van der Waals surface area contributed by atoms with Crippen LogP contribution >= 0.6 is 11.8 Å². The Kier molecular flexibility index (Phi) is 5.26. The number of pyridine rings is 1. The summed E-state index contributed by atoms with van der Waals surface area (Å²) >= 11 is 1.55. The zero-order valence-corrected chi connectivity index (χ0v) is 15.5. The van der Waals surface area contributed by atoms with Gasteiger partial charge in [-0.3, -0.25) is 4.40 Å². The molecule has 7 nitrogen and oxygen atoms in total. The molecule has 0 atom stereocenters. The van der Waals surface area contributed by atoms with Gasteiger partial charge in [-0.05, 0) is 36.4 Å². The molecule has 0 spiro atoms. The molecule has 2 aromatic heterocycles. The van der Waals surface area contributed by atoms with Crippen molar-refractivity contribution in [3.63, 3.8) is 0 Å². The van der Waals surface area contributed by atoms with Gasteiger partial charge in [0.2, 0.25) is 10.0 Å². The summed E-state index contributed by atoms with van der Waals surface area (Å²) in [6, 6.07) is 12.2. The number of sulfonamides is 1. The SMILES string of the molecule is CN(C)S(=O)(=O)c1ccc(OCCSc2nnc3ccccn23)cc1. The maximum Gasteiger partial charge on any atom is 0.242 e. The van der Waals surface area contributed by atoms with Gasteiger partial charge in [-0.25, -0.2) is 12.7 Å². The number of hydrogen-bond donors (Lipinski definition) is 0. The summed E-state index contributed by atoms with van der Waals surface area (Å²) in [6.45, 7) is 0.478. The molecule has 0 N–H and O–H groups in total. The number of nitrogens with zero attached hydrogens (tertiary/aromatic N) is 4. The van der Waals surface area contributed by atoms with Crippen LogP contribution in [-0.4, -0.2) is 53.8 Å². The van der Waals surface area contributed by atoms with Crippen LogP contribution in [-0.2, 0) is 10.0 Å². The summed E-state index contributed by atoms with van der Waals surface area (Å²) in [7, 11) is -0.403. The molecule has 1 aromatic carbocycles. The number of benzene rings is 1. The van der Waals surface area contributed by atoms with Crippen molar-refractivity contribution in [3.8, 4) is 5.75 Å². The zero-order chi connectivity index (χ0) is 17.9. The van der Waals surface area contributed by atoms with Crippen LogP contribution in [0.5, 0.6) is 5.75 Å². The van der Waals surface area contributed by atoms with Crippen molar-refractivity contribution < 1.29 is 13.2 Å². The summed E-state index contributed by atoms with van der Waals surface area (Å²) in [5.74, 6) is 1.33. The summed E-state index contributed by atoms with van der Waals surface area (Å²) in [6.07, 6.45) is 1.92. The monoisotopic (exact) mass is 378 g/mol. The molecule has 3 rings (SSSR count). The fourth-order valence-electron chi connectivity index (χ4n) is 2.13. The minimum Gasteiger partial charge on any atom is -0.493 e. The van der Waals surface area contributed by atoms with Crippen LogP contribution in [0.15, 0.2) is 58.7 Å². The first kappa shape index (κ1) is 17.7. The van der Waals surface area contributed by atoms with Gasteiger partial charge in [-0.2, -0.15) is 0 Å². The molecule has 0 radical (unpaired) electrons. The Balaban J connectivity index is 1.54. The zero-order valence-electron chi connectivity index (χ0n) is 13.9. The van der Waals surface area contributed by atoms with Crippen LogP contribution in [0.1, 0.15) is 0 Å². The van der Waals surface area contributed by atoms with Crippen LogP contribution in [0.25, 0.3) is 5.65 Å². The lowest BCUT2D eigenvalue weighted by Crippen LogP contribution is -2.22. The van der Waals surface area contributed by atoms with Crippen LogP contribution in [0, 0.1) is 0 Å². The summed E-state index contributed by atoms with van der Waals surface area (Å²) < 4.78 is 32.8. The Labute approximate surface area is 150 Å². The summed E-state index contributed by atoms with van der Waals surface area (Å²) in [5.41, 5.74) is 0.809. The van der Waals surface area contributed by atoms with E-state index in [2.05, 4.69) is 10.2 Å². The molecule has 0 saturated carbocycles. The van der Waals surface area contributed by atoms with E-state index in [1.165, 1.54) is 18.4 Å². The van der Waals surface area contributed by atoms with Crippen molar-refractivity contribution in [2.45, 2.75) is 10.1 Å². The van der Waals surface area contributed by atoms with E-state index >= 15 is 0 Å². The number of thioether (sulfide) groups is 1. The quantitative estimate of drug-likeness (QED) is 0.463. The first-order chi connectivity index (χ1) is 12.0. The molecular weight excluding hydrogens is 360 g/mol. The third kappa shape index (κ3) is 3.94. The predicted octanol–water partition coefficient (Wildman–Crippen LogP) is 2.15. The number of ether oxygens (including phenoxy) is 1. The van der Waals surface area contributed by atoms with Crippen molar-refractivity contribution in [1.29, 1.82) is 0 Å². The molecule has 2 heterocycles. The van der Waals surface area contributed by atoms with Gasteiger partial charge >= 0.3 is 0 Å². The molecule has 0 aliphatic rings. The molecular formula is C16H18N4O3S2. The minimum absolute atomic E-state index is 0.245. The van der Waals surface area contributed by atoms with Crippen LogP contribution in [0.2, 0.25) is 0 Å². The molecule has 0 saturated heterocycles. The summed E-state index contributed by atoms with van der Waals surface area (Å²) in [5, 5.41) is 9.05. The molecule has 25 heavy (non-hydrogen) atoms. The van der Waals surface area contributed by atoms with Crippen molar-refractivity contribution >= 4 is 27.4 Å². The number of rotatable bonds is 7. The lowest BCUT2D eigenvalue weighted by atomic mass is 10.3. The first-order valence-electron chi connectivity index (χ1n) is 7.56. The van der Waals surface area contributed by atoms with Crippen molar-refractivity contribution in [2.75, 3.05) is 26.5 Å². The molecule has 0 aliphatic carbocycles. The second kappa shape index (κ2) is 7.42. The Morgan fingerprint density at radius 3 is 2.60 bits per heavy atom. The highest BCUT2D eigenvalue weighted by Gasteiger charge is 2.16. The molecule has 0 unspecified atom stereocenters. The average molecular weight is 378 g/mol. The fraction of sp³-hybridized carbons (Fsp3) is 0.250. The van der Waals surface area contributed by atoms with Gasteiger partial charge in [0.25, 0.3) is 0 Å². The molecule has 3 aromatic rings. The molecule has 0 bridgehead atoms. The molecule has 0 amide bonds. The Hall–Kier alpha value is -2.10. The average Bonchev–Trinajstić information content (AvgIpc) is 3.02. The first-order valence-corrected chi connectivity index (χ1v) is 9.99. The van der Waals surface area contributed by atoms with Gasteiger partial charge in [0.1, 0.15) is 5.75 Å². The highest BCUT2D eigenvalue weighted by Crippen LogP contribution is 2.20. The maximum absolute atomic E-state index is 12.0. The Morgan fingerprint density at radius 2 is 1.88 bits per heavy atom. The minimum atomic E-state index is -3.41. The van der Waals surface area contributed by atoms with Gasteiger partial charge in [-0.1, -0.05) is 17.8 Å². The standard InChI is InChI=1S/C16H18N4O3S2/c1-19(2)25(21,22)14-8-6-13(7-9-14)23-11-12-24-16-18-17-15-5-3-4-10-20(15)16/h3-10H,11-12H2,1-2H3. The van der Waals surface area contributed by atoms with Crippen molar-refractivity contribution in [1.82, 2.24) is 18.9 Å². The maximum atomic E-state index is 12.0. The van der Waals surface area contributed by atoms with Gasteiger partial charge in [-0.15, -0.1) is 10.2 Å². The van der Waals surface area contributed by atoms with E-state index in [-0.39, 0.29) is 4.90 Å². The normalized spacial score (nSPS) is 12.0. The molecule has 9 heteroatoms. The Morgan fingerprint density at radius 1 is 1.12 bits per heavy atom. The summed E-state index contributed by atoms with van der Waals surface area (Å²) in [4.78, 5) is 0.245. The van der Waals surface area contributed by atoms with Crippen LogP contribution in [0.4, 0.5) is 0 Å². The number of fused-ring (bicyclic) bond motifs is 1. The van der Waals surface area contributed by atoms with E-state index in [1.807, 2.05) is 28.8 Å². The van der Waals surface area contributed by atoms with E-state index in [1.54, 1.807) is 36.0 Å². The third-order valence-electron chi connectivity index (χ3n) is 3.47. The van der Waals surface area contributed by atoms with E-state index in [4.69, 9.17) is 4.74 Å². The number of aromatic nitrogens is 3. The third-order valence-corrected chi connectivity index (χ3v) is 6.20. The van der Waals surface area contributed by atoms with Gasteiger partial charge in [0.15, 0.2) is 10.8 Å². The van der Waals surface area contributed by atoms with E-state index in [0.29, 0.717) is 18.1 Å². The van der Waals surface area contributed by atoms with Crippen molar-refractivity contribution in [2.24, 2.45) is 0 Å². The van der Waals surface area contributed by atoms with Crippen LogP contribution in [0.3, 0.4) is 0 Å². The van der Waals surface area contributed by atoms with Gasteiger partial charge in [0.05, 0.1) is 11.5 Å². The lowest BCUT2D eigenvalue weighted by molar-refractivity contribution is 0.343. The number of hydrogen-bond acceptors (Lipinski definition) is 6. The second-order valence-electron chi connectivity index (χ2n) is 5.37. The second-order valence-corrected chi connectivity index (χ2v) is 8.58. The topological polar surface area (TPSA) is 76.8 Å². The fourth-order valence-corrected chi connectivity index (χ4v) is 3.77. The smallest absolute Gasteiger partial charge is 0.242 e. The van der Waals surface area contributed by atoms with Gasteiger partial charge < -0.3 is 4.74 Å². The van der Waals surface area contributed by atoms with Crippen LogP contribution < -0.4 is 4.74 Å². The molecule has 0 aliphatic heterocycles. The van der Waals surface area contributed by atoms with Gasteiger partial charge in [0, 0.05) is 26.0 Å². The highest BCUT2D eigenvalue weighted by atomic mass is 32.2. The highest BCUT2D eigenvalue weighted by molar-refractivity contribution is 7.99.